The SMILES string of the molecule is CN(NC(=O)/C=C\n1cnc(C2C=C(C(F)(F)F)C=C(C(F)(F)F)C2)n1)c1ccccn1. The number of nitrogens with zero attached hydrogens (tertiary/aromatic N) is 5. The van der Waals surface area contributed by atoms with E-state index in [-0.39, 0.29) is 11.9 Å². The molecule has 7 nitrogen and oxygen atoms in total. The number of hydrazine groups is 1. The lowest BCUT2D eigenvalue weighted by Crippen LogP contribution is -2.38. The third-order valence-corrected chi connectivity index (χ3v) is 4.35. The first-order valence-corrected chi connectivity index (χ1v) is 9.05. The Kier molecular flexibility index (Phi) is 6.37. The van der Waals surface area contributed by atoms with Crippen LogP contribution in [0, 0.1) is 0 Å². The highest BCUT2D eigenvalue weighted by atomic mass is 19.4. The van der Waals surface area contributed by atoms with Gasteiger partial charge in [0.15, 0.2) is 5.82 Å². The minimum absolute atomic E-state index is 0.0931. The second-order valence-corrected chi connectivity index (χ2v) is 6.72. The van der Waals surface area contributed by atoms with E-state index in [1.54, 1.807) is 25.2 Å². The number of hydrogen-bond donors (Lipinski definition) is 1. The summed E-state index contributed by atoms with van der Waals surface area (Å²) >= 11 is 0. The Morgan fingerprint density at radius 1 is 1.19 bits per heavy atom. The van der Waals surface area contributed by atoms with Crippen molar-refractivity contribution in [2.24, 2.45) is 0 Å². The van der Waals surface area contributed by atoms with Crippen molar-refractivity contribution in [1.29, 1.82) is 0 Å². The summed E-state index contributed by atoms with van der Waals surface area (Å²) in [6.45, 7) is 0. The summed E-state index contributed by atoms with van der Waals surface area (Å²) in [6, 6.07) is 5.08. The number of nitrogens with one attached hydrogen (secondary N) is 1. The number of pyridine rings is 1. The number of anilines is 1. The molecule has 0 bridgehead atoms. The fraction of sp³-hybridized carbons (Fsp3) is 0.263. The molecular formula is C19H16F6N6O. The van der Waals surface area contributed by atoms with Gasteiger partial charge in [0.05, 0.1) is 5.57 Å². The zero-order valence-electron chi connectivity index (χ0n) is 16.4. The average molecular weight is 458 g/mol. The van der Waals surface area contributed by atoms with Gasteiger partial charge in [0, 0.05) is 37.0 Å². The van der Waals surface area contributed by atoms with E-state index in [2.05, 4.69) is 20.5 Å². The van der Waals surface area contributed by atoms with Gasteiger partial charge in [-0.2, -0.15) is 31.4 Å². The minimum Gasteiger partial charge on any atom is -0.271 e. The van der Waals surface area contributed by atoms with Crippen molar-refractivity contribution in [3.63, 3.8) is 0 Å². The van der Waals surface area contributed by atoms with Crippen LogP contribution in [0.25, 0.3) is 6.20 Å². The van der Waals surface area contributed by atoms with Gasteiger partial charge in [0.1, 0.15) is 12.1 Å². The highest BCUT2D eigenvalue weighted by molar-refractivity contribution is 5.90. The molecular weight excluding hydrogens is 442 g/mol. The van der Waals surface area contributed by atoms with Gasteiger partial charge in [0.25, 0.3) is 5.91 Å². The molecule has 1 amide bonds. The molecule has 3 rings (SSSR count). The molecule has 1 atom stereocenters. The average Bonchev–Trinajstić information content (AvgIpc) is 3.20. The Bertz CT molecular complexity index is 1050. The number of carbonyl (C=O) groups is 1. The van der Waals surface area contributed by atoms with E-state index < -0.39 is 41.7 Å². The van der Waals surface area contributed by atoms with Crippen LogP contribution in [0.3, 0.4) is 0 Å². The maximum Gasteiger partial charge on any atom is 0.416 e. The summed E-state index contributed by atoms with van der Waals surface area (Å²) in [5.41, 5.74) is -0.232. The monoisotopic (exact) mass is 458 g/mol. The Morgan fingerprint density at radius 2 is 1.94 bits per heavy atom. The van der Waals surface area contributed by atoms with Crippen LogP contribution in [0.1, 0.15) is 18.2 Å². The summed E-state index contributed by atoms with van der Waals surface area (Å²) in [5.74, 6) is -1.67. The van der Waals surface area contributed by atoms with Crippen molar-refractivity contribution in [2.45, 2.75) is 24.7 Å². The lowest BCUT2D eigenvalue weighted by molar-refractivity contribution is -0.116. The smallest absolute Gasteiger partial charge is 0.271 e. The largest absolute Gasteiger partial charge is 0.416 e. The molecule has 0 radical (unpaired) electrons. The topological polar surface area (TPSA) is 75.9 Å². The molecule has 170 valence electrons. The maximum atomic E-state index is 13.1. The maximum absolute atomic E-state index is 13.1. The number of alkyl halides is 6. The van der Waals surface area contributed by atoms with E-state index in [0.717, 1.165) is 23.3 Å². The number of hydrogen-bond acceptors (Lipinski definition) is 5. The first-order chi connectivity index (χ1) is 14.9. The van der Waals surface area contributed by atoms with Crippen LogP contribution in [-0.2, 0) is 4.79 Å². The van der Waals surface area contributed by atoms with E-state index in [4.69, 9.17) is 0 Å². The van der Waals surface area contributed by atoms with Crippen LogP contribution in [-0.4, -0.2) is 45.1 Å². The Labute approximate surface area is 177 Å². The number of amides is 1. The summed E-state index contributed by atoms with van der Waals surface area (Å²) < 4.78 is 79.3. The van der Waals surface area contributed by atoms with E-state index in [9.17, 15) is 31.1 Å². The van der Waals surface area contributed by atoms with Gasteiger partial charge >= 0.3 is 12.4 Å². The quantitative estimate of drug-likeness (QED) is 0.420. The Balaban J connectivity index is 1.71. The van der Waals surface area contributed by atoms with Gasteiger partial charge in [-0.1, -0.05) is 12.1 Å². The summed E-state index contributed by atoms with van der Waals surface area (Å²) in [6.07, 6.45) is -5.00. The summed E-state index contributed by atoms with van der Waals surface area (Å²) in [5, 5.41) is 5.24. The van der Waals surface area contributed by atoms with Crippen LogP contribution in [0.15, 0.2) is 60.1 Å². The standard InChI is InChI=1S/C19H16F6N6O/c1-30(15-4-2-3-6-26-15)28-16(32)5-7-31-11-27-17(29-31)12-8-13(18(20,21)22)10-14(9-12)19(23,24)25/h2-8,10-12H,9H2,1H3,(H,28,32)/b7-5-. The number of rotatable bonds is 5. The molecule has 1 aliphatic rings. The molecule has 1 N–H and O–H groups in total. The molecule has 2 heterocycles. The third kappa shape index (κ3) is 5.74. The van der Waals surface area contributed by atoms with E-state index in [1.165, 1.54) is 11.2 Å². The molecule has 0 aromatic carbocycles. The van der Waals surface area contributed by atoms with Crippen molar-refractivity contribution in [2.75, 3.05) is 12.1 Å². The molecule has 0 spiro atoms. The van der Waals surface area contributed by atoms with Crippen molar-refractivity contribution in [1.82, 2.24) is 25.2 Å². The molecule has 1 aliphatic carbocycles. The fourth-order valence-corrected chi connectivity index (χ4v) is 2.83. The van der Waals surface area contributed by atoms with Gasteiger partial charge in [-0.15, -0.1) is 0 Å². The highest BCUT2D eigenvalue weighted by Gasteiger charge is 2.42. The predicted octanol–water partition coefficient (Wildman–Crippen LogP) is 3.78. The molecule has 0 saturated heterocycles. The second kappa shape index (κ2) is 8.85. The minimum atomic E-state index is -4.95. The van der Waals surface area contributed by atoms with Gasteiger partial charge in [0.2, 0.25) is 0 Å². The molecule has 0 saturated carbocycles. The first kappa shape index (κ1) is 23.0. The number of aromatic nitrogens is 4. The van der Waals surface area contributed by atoms with Crippen LogP contribution in [0.4, 0.5) is 32.2 Å². The molecule has 32 heavy (non-hydrogen) atoms. The van der Waals surface area contributed by atoms with E-state index in [1.807, 2.05) is 0 Å². The van der Waals surface area contributed by atoms with Crippen molar-refractivity contribution in [3.8, 4) is 0 Å². The zero-order chi connectivity index (χ0) is 23.5. The lowest BCUT2D eigenvalue weighted by atomic mass is 9.89. The molecule has 2 aromatic rings. The van der Waals surface area contributed by atoms with Crippen LogP contribution >= 0.6 is 0 Å². The summed E-state index contributed by atoms with van der Waals surface area (Å²) in [4.78, 5) is 19.9. The van der Waals surface area contributed by atoms with Gasteiger partial charge in [-0.25, -0.2) is 14.6 Å². The third-order valence-electron chi connectivity index (χ3n) is 4.35. The van der Waals surface area contributed by atoms with Gasteiger partial charge < -0.3 is 0 Å². The number of halogens is 6. The van der Waals surface area contributed by atoms with Crippen LogP contribution in [0.2, 0.25) is 0 Å². The normalized spacial score (nSPS) is 17.2. The number of allylic oxidation sites excluding steroid dienone is 4. The molecule has 2 aromatic heterocycles. The van der Waals surface area contributed by atoms with Gasteiger partial charge in [-0.05, 0) is 24.6 Å². The molecule has 13 heteroatoms. The number of carbonyl (C=O) groups excluding carboxylic acids is 1. The summed E-state index contributed by atoms with van der Waals surface area (Å²) in [7, 11) is 1.56. The van der Waals surface area contributed by atoms with E-state index >= 15 is 0 Å². The van der Waals surface area contributed by atoms with Crippen LogP contribution < -0.4 is 10.4 Å². The molecule has 0 fully saturated rings. The fourth-order valence-electron chi connectivity index (χ4n) is 2.83. The Morgan fingerprint density at radius 3 is 2.56 bits per heavy atom. The second-order valence-electron chi connectivity index (χ2n) is 6.72. The zero-order valence-corrected chi connectivity index (χ0v) is 16.4. The van der Waals surface area contributed by atoms with Gasteiger partial charge in [-0.3, -0.25) is 15.2 Å². The highest BCUT2D eigenvalue weighted by Crippen LogP contribution is 2.42. The molecule has 0 aliphatic heterocycles. The van der Waals surface area contributed by atoms with Crippen molar-refractivity contribution >= 4 is 17.9 Å². The lowest BCUT2D eigenvalue weighted by Gasteiger charge is -2.22. The molecule has 1 unspecified atom stereocenters. The Hall–Kier alpha value is -3.64. The van der Waals surface area contributed by atoms with E-state index in [0.29, 0.717) is 11.9 Å². The van der Waals surface area contributed by atoms with Crippen LogP contribution in [0.5, 0.6) is 0 Å². The first-order valence-electron chi connectivity index (χ1n) is 9.05. The predicted molar refractivity (Wildman–Crippen MR) is 102 cm³/mol. The van der Waals surface area contributed by atoms with Crippen molar-refractivity contribution < 1.29 is 31.1 Å². The van der Waals surface area contributed by atoms with Crippen molar-refractivity contribution in [3.05, 3.63) is 65.9 Å².